The molecule has 1 unspecified atom stereocenters. The molecule has 19 heavy (non-hydrogen) atoms. The number of nitrogens with zero attached hydrogens (tertiary/aromatic N) is 1. The predicted octanol–water partition coefficient (Wildman–Crippen LogP) is 2.34. The Balaban J connectivity index is 3.33. The van der Waals surface area contributed by atoms with Crippen LogP contribution in [0.4, 0.5) is 5.69 Å². The zero-order valence-electron chi connectivity index (χ0n) is 10.3. The van der Waals surface area contributed by atoms with Gasteiger partial charge in [-0.1, -0.05) is 15.9 Å². The van der Waals surface area contributed by atoms with Crippen LogP contribution in [0.25, 0.3) is 0 Å². The minimum absolute atomic E-state index is 0.252. The van der Waals surface area contributed by atoms with Crippen molar-refractivity contribution in [3.63, 3.8) is 0 Å². The van der Waals surface area contributed by atoms with Gasteiger partial charge in [0.1, 0.15) is 23.1 Å². The summed E-state index contributed by atoms with van der Waals surface area (Å²) in [4.78, 5) is 25.9. The van der Waals surface area contributed by atoms with Crippen LogP contribution in [0.5, 0.6) is 5.75 Å². The Bertz CT molecular complexity index is 541. The zero-order chi connectivity index (χ0) is 14.6. The molecule has 7 heteroatoms. The molecule has 6 nitrogen and oxygen atoms in total. The van der Waals surface area contributed by atoms with Crippen molar-refractivity contribution in [1.82, 2.24) is 0 Å². The Hall–Kier alpha value is -1.89. The van der Waals surface area contributed by atoms with Gasteiger partial charge in [0.2, 0.25) is 0 Å². The lowest BCUT2D eigenvalue weighted by molar-refractivity contribution is -0.140. The number of ether oxygens (including phenoxy) is 1. The second-order valence-electron chi connectivity index (χ2n) is 3.68. The summed E-state index contributed by atoms with van der Waals surface area (Å²) in [6, 6.07) is 4.86. The van der Waals surface area contributed by atoms with Crippen molar-refractivity contribution in [2.75, 3.05) is 7.11 Å². The van der Waals surface area contributed by atoms with Gasteiger partial charge in [-0.15, -0.1) is 0 Å². The number of carboxylic acids is 2. The molecule has 1 rings (SSSR count). The summed E-state index contributed by atoms with van der Waals surface area (Å²) in [5.41, 5.74) is -0.203. The number of hydrogen-bond acceptors (Lipinski definition) is 4. The average molecular weight is 330 g/mol. The highest BCUT2D eigenvalue weighted by molar-refractivity contribution is 9.10. The van der Waals surface area contributed by atoms with E-state index in [0.717, 1.165) is 0 Å². The summed E-state index contributed by atoms with van der Waals surface area (Å²) in [6.45, 7) is 1.26. The van der Waals surface area contributed by atoms with Gasteiger partial charge >= 0.3 is 11.9 Å². The first-order valence-electron chi connectivity index (χ1n) is 5.25. The molecular formula is C12H12BrNO5. The number of hydrogen-bond donors (Lipinski definition) is 2. The van der Waals surface area contributed by atoms with Gasteiger partial charge in [-0.2, -0.15) is 0 Å². The number of methoxy groups -OCH3 is 1. The highest BCUT2D eigenvalue weighted by Crippen LogP contribution is 2.31. The van der Waals surface area contributed by atoms with Gasteiger partial charge in [0.25, 0.3) is 0 Å². The molecule has 0 heterocycles. The van der Waals surface area contributed by atoms with Gasteiger partial charge < -0.3 is 14.9 Å². The van der Waals surface area contributed by atoms with Crippen LogP contribution in [0, 0.1) is 5.92 Å². The maximum absolute atomic E-state index is 11.1. The summed E-state index contributed by atoms with van der Waals surface area (Å²) >= 11 is 3.23. The van der Waals surface area contributed by atoms with Crippen LogP contribution in [0.15, 0.2) is 27.7 Å². The summed E-state index contributed by atoms with van der Waals surface area (Å²) in [7, 11) is 1.42. The van der Waals surface area contributed by atoms with Crippen molar-refractivity contribution in [2.45, 2.75) is 6.92 Å². The minimum atomic E-state index is -1.38. The number of benzene rings is 1. The van der Waals surface area contributed by atoms with Crippen molar-refractivity contribution in [2.24, 2.45) is 10.9 Å². The molecule has 102 valence electrons. The monoisotopic (exact) mass is 329 g/mol. The quantitative estimate of drug-likeness (QED) is 0.808. The van der Waals surface area contributed by atoms with Crippen LogP contribution in [0.2, 0.25) is 0 Å². The summed E-state index contributed by atoms with van der Waals surface area (Å²) in [5.74, 6) is -3.49. The molecule has 0 spiro atoms. The minimum Gasteiger partial charge on any atom is -0.494 e. The molecule has 0 aliphatic heterocycles. The third-order valence-electron chi connectivity index (χ3n) is 2.38. The van der Waals surface area contributed by atoms with Crippen LogP contribution in [0.1, 0.15) is 6.92 Å². The molecule has 0 bridgehead atoms. The highest BCUT2D eigenvalue weighted by atomic mass is 79.9. The lowest BCUT2D eigenvalue weighted by Gasteiger charge is -2.09. The average Bonchev–Trinajstić information content (AvgIpc) is 2.34. The molecule has 0 aliphatic carbocycles. The van der Waals surface area contributed by atoms with Gasteiger partial charge in [-0.3, -0.25) is 4.79 Å². The van der Waals surface area contributed by atoms with E-state index < -0.39 is 23.6 Å². The van der Waals surface area contributed by atoms with E-state index in [4.69, 9.17) is 14.9 Å². The molecule has 0 saturated heterocycles. The van der Waals surface area contributed by atoms with Crippen molar-refractivity contribution in [3.8, 4) is 5.75 Å². The molecule has 0 saturated carbocycles. The lowest BCUT2D eigenvalue weighted by atomic mass is 10.1. The summed E-state index contributed by atoms with van der Waals surface area (Å²) < 4.78 is 5.73. The van der Waals surface area contributed by atoms with Crippen molar-refractivity contribution >= 4 is 39.3 Å². The molecule has 1 atom stereocenters. The van der Waals surface area contributed by atoms with Crippen LogP contribution >= 0.6 is 15.9 Å². The smallest absolute Gasteiger partial charge is 0.351 e. The SMILES string of the molecule is COc1ccc(Br)cc1N=C(C(=O)O)C(C)C(=O)O. The molecule has 1 aromatic carbocycles. The van der Waals surface area contributed by atoms with E-state index in [-0.39, 0.29) is 5.69 Å². The Kier molecular flexibility index (Phi) is 5.05. The van der Waals surface area contributed by atoms with Gasteiger partial charge in [0, 0.05) is 4.47 Å². The standard InChI is InChI=1S/C12H12BrNO5/c1-6(11(15)16)10(12(17)18)14-8-5-7(13)3-4-9(8)19-2/h3-6H,1-2H3,(H,15,16)(H,17,18). The van der Waals surface area contributed by atoms with E-state index >= 15 is 0 Å². The molecule has 0 aliphatic rings. The van der Waals surface area contributed by atoms with Crippen LogP contribution in [0.3, 0.4) is 0 Å². The molecule has 2 N–H and O–H groups in total. The first kappa shape index (κ1) is 15.2. The molecule has 0 radical (unpaired) electrons. The van der Waals surface area contributed by atoms with E-state index in [1.54, 1.807) is 18.2 Å². The van der Waals surface area contributed by atoms with Crippen molar-refractivity contribution in [1.29, 1.82) is 0 Å². The second-order valence-corrected chi connectivity index (χ2v) is 4.59. The topological polar surface area (TPSA) is 96.2 Å². The maximum atomic E-state index is 11.1. The Morgan fingerprint density at radius 1 is 1.37 bits per heavy atom. The maximum Gasteiger partial charge on any atom is 0.351 e. The number of aliphatic carboxylic acids is 2. The Labute approximate surface area is 117 Å². The highest BCUT2D eigenvalue weighted by Gasteiger charge is 2.25. The van der Waals surface area contributed by atoms with Gasteiger partial charge in [0.15, 0.2) is 0 Å². The largest absolute Gasteiger partial charge is 0.494 e. The van der Waals surface area contributed by atoms with E-state index in [9.17, 15) is 9.59 Å². The molecule has 0 amide bonds. The molecular weight excluding hydrogens is 318 g/mol. The number of carbonyl (C=O) groups is 2. The second kappa shape index (κ2) is 6.33. The summed E-state index contributed by atoms with van der Waals surface area (Å²) in [5, 5.41) is 17.9. The third-order valence-corrected chi connectivity index (χ3v) is 2.87. The first-order valence-corrected chi connectivity index (χ1v) is 6.04. The Morgan fingerprint density at radius 2 is 2.00 bits per heavy atom. The van der Waals surface area contributed by atoms with Gasteiger partial charge in [-0.05, 0) is 25.1 Å². The summed E-state index contributed by atoms with van der Waals surface area (Å²) in [6.07, 6.45) is 0. The van der Waals surface area contributed by atoms with Crippen LogP contribution in [-0.2, 0) is 9.59 Å². The first-order chi connectivity index (χ1) is 8.86. The number of aliphatic imine (C=N–C) groups is 1. The van der Waals surface area contributed by atoms with Crippen molar-refractivity contribution in [3.05, 3.63) is 22.7 Å². The van der Waals surface area contributed by atoms with Crippen LogP contribution in [-0.4, -0.2) is 35.0 Å². The van der Waals surface area contributed by atoms with Crippen LogP contribution < -0.4 is 4.74 Å². The zero-order valence-corrected chi connectivity index (χ0v) is 11.8. The fourth-order valence-electron chi connectivity index (χ4n) is 1.33. The van der Waals surface area contributed by atoms with E-state index in [0.29, 0.717) is 10.2 Å². The fraction of sp³-hybridized carbons (Fsp3) is 0.250. The van der Waals surface area contributed by atoms with E-state index in [1.165, 1.54) is 14.0 Å². The normalized spacial score (nSPS) is 12.9. The third kappa shape index (κ3) is 3.78. The molecule has 0 fully saturated rings. The van der Waals surface area contributed by atoms with E-state index in [1.807, 2.05) is 0 Å². The van der Waals surface area contributed by atoms with E-state index in [2.05, 4.69) is 20.9 Å². The number of halogens is 1. The Morgan fingerprint density at radius 3 is 2.47 bits per heavy atom. The van der Waals surface area contributed by atoms with Gasteiger partial charge in [0.05, 0.1) is 7.11 Å². The lowest BCUT2D eigenvalue weighted by Crippen LogP contribution is -2.27. The molecule has 0 aromatic heterocycles. The predicted molar refractivity (Wildman–Crippen MR) is 72.2 cm³/mol. The van der Waals surface area contributed by atoms with Crippen molar-refractivity contribution < 1.29 is 24.5 Å². The fourth-order valence-corrected chi connectivity index (χ4v) is 1.68. The number of carboxylic acid groups (broad SMARTS) is 2. The molecule has 1 aromatic rings. The number of rotatable bonds is 5. The van der Waals surface area contributed by atoms with Gasteiger partial charge in [-0.25, -0.2) is 9.79 Å².